The molecule has 0 amide bonds. The maximum Gasteiger partial charge on any atom is 0.0951 e. The summed E-state index contributed by atoms with van der Waals surface area (Å²) in [5.41, 5.74) is 4.16. The average Bonchev–Trinajstić information content (AvgIpc) is 2.87. The monoisotopic (exact) mass is 269 g/mol. The lowest BCUT2D eigenvalue weighted by molar-refractivity contribution is 0.202. The van der Waals surface area contributed by atoms with E-state index in [1.807, 2.05) is 12.5 Å². The quantitative estimate of drug-likeness (QED) is 0.927. The average molecular weight is 269 g/mol. The van der Waals surface area contributed by atoms with Gasteiger partial charge in [0.1, 0.15) is 0 Å². The molecular weight excluding hydrogens is 246 g/mol. The van der Waals surface area contributed by atoms with Crippen LogP contribution in [0.5, 0.6) is 0 Å². The van der Waals surface area contributed by atoms with Crippen molar-refractivity contribution in [3.05, 3.63) is 42.4 Å². The highest BCUT2D eigenvalue weighted by molar-refractivity contribution is 5.63. The largest absolute Gasteiger partial charge is 0.330 e. The molecule has 1 aromatic carbocycles. The van der Waals surface area contributed by atoms with E-state index >= 15 is 0 Å². The summed E-state index contributed by atoms with van der Waals surface area (Å²) in [6.45, 7) is 7.82. The van der Waals surface area contributed by atoms with Crippen LogP contribution in [0.1, 0.15) is 25.3 Å². The van der Waals surface area contributed by atoms with Crippen LogP contribution >= 0.6 is 0 Å². The molecule has 2 heterocycles. The Hall–Kier alpha value is -1.61. The summed E-state index contributed by atoms with van der Waals surface area (Å²) in [7, 11) is 0. The van der Waals surface area contributed by atoms with Crippen molar-refractivity contribution in [2.75, 3.05) is 13.1 Å². The lowest BCUT2D eigenvalue weighted by Crippen LogP contribution is -2.40. The smallest absolute Gasteiger partial charge is 0.0951 e. The predicted molar refractivity (Wildman–Crippen MR) is 82.6 cm³/mol. The molecule has 0 radical (unpaired) electrons. The van der Waals surface area contributed by atoms with Crippen LogP contribution in [0.15, 0.2) is 36.8 Å². The highest BCUT2D eigenvalue weighted by atomic mass is 15.1. The molecule has 20 heavy (non-hydrogen) atoms. The van der Waals surface area contributed by atoms with Gasteiger partial charge in [0.05, 0.1) is 18.2 Å². The number of nitrogens with zero attached hydrogens (tertiary/aromatic N) is 2. The second kappa shape index (κ2) is 5.41. The number of hydrogen-bond acceptors (Lipinski definition) is 2. The fourth-order valence-electron chi connectivity index (χ4n) is 3.20. The lowest BCUT2D eigenvalue weighted by atomic mass is 9.82. The van der Waals surface area contributed by atoms with Gasteiger partial charge in [0.25, 0.3) is 0 Å². The third kappa shape index (κ3) is 2.63. The zero-order chi connectivity index (χ0) is 14.0. The van der Waals surface area contributed by atoms with Gasteiger partial charge in [-0.3, -0.25) is 0 Å². The van der Waals surface area contributed by atoms with E-state index in [1.54, 1.807) is 0 Å². The van der Waals surface area contributed by atoms with Crippen molar-refractivity contribution in [3.63, 3.8) is 0 Å². The summed E-state index contributed by atoms with van der Waals surface area (Å²) in [4.78, 5) is 4.38. The van der Waals surface area contributed by atoms with Gasteiger partial charge in [0.2, 0.25) is 0 Å². The molecule has 3 nitrogen and oxygen atoms in total. The molecule has 3 rings (SSSR count). The maximum absolute atomic E-state index is 4.38. The lowest BCUT2D eigenvalue weighted by Gasteiger charge is -2.35. The minimum atomic E-state index is 0.330. The van der Waals surface area contributed by atoms with Crippen molar-refractivity contribution < 1.29 is 0 Å². The fourth-order valence-corrected chi connectivity index (χ4v) is 3.20. The number of benzene rings is 1. The van der Waals surface area contributed by atoms with E-state index in [0.29, 0.717) is 5.41 Å². The second-order valence-corrected chi connectivity index (χ2v) is 6.31. The molecule has 1 aromatic heterocycles. The first-order chi connectivity index (χ1) is 9.68. The molecular formula is C17H23N3. The Balaban J connectivity index is 1.89. The molecule has 0 spiro atoms. The number of rotatable bonds is 3. The Labute approximate surface area is 121 Å². The van der Waals surface area contributed by atoms with Crippen molar-refractivity contribution in [1.82, 2.24) is 14.9 Å². The minimum absolute atomic E-state index is 0.330. The highest BCUT2D eigenvalue weighted by Crippen LogP contribution is 2.30. The molecule has 0 bridgehead atoms. The molecule has 1 atom stereocenters. The van der Waals surface area contributed by atoms with Gasteiger partial charge in [-0.25, -0.2) is 4.98 Å². The summed E-state index contributed by atoms with van der Waals surface area (Å²) >= 11 is 0. The molecule has 3 heteroatoms. The molecule has 1 unspecified atom stereocenters. The number of hydrogen-bond donors (Lipinski definition) is 1. The van der Waals surface area contributed by atoms with E-state index in [9.17, 15) is 0 Å². The molecule has 0 saturated carbocycles. The normalized spacial score (nSPS) is 22.9. The van der Waals surface area contributed by atoms with E-state index in [1.165, 1.54) is 29.7 Å². The third-order valence-corrected chi connectivity index (χ3v) is 4.37. The number of aromatic nitrogens is 2. The number of aryl methyl sites for hydroxylation is 1. The van der Waals surface area contributed by atoms with Crippen LogP contribution in [0.3, 0.4) is 0 Å². The van der Waals surface area contributed by atoms with Crippen LogP contribution in [-0.4, -0.2) is 22.6 Å². The zero-order valence-electron chi connectivity index (χ0n) is 12.4. The Morgan fingerprint density at radius 2 is 2.20 bits per heavy atom. The third-order valence-electron chi connectivity index (χ3n) is 4.37. The topological polar surface area (TPSA) is 29.9 Å². The molecule has 1 aliphatic heterocycles. The SMILES string of the molecule is Cc1ccccc1-c1cncn1CC1(C)CCCNC1. The Morgan fingerprint density at radius 3 is 2.95 bits per heavy atom. The van der Waals surface area contributed by atoms with Gasteiger partial charge in [-0.1, -0.05) is 31.2 Å². The number of imidazole rings is 1. The van der Waals surface area contributed by atoms with Crippen molar-refractivity contribution >= 4 is 0 Å². The van der Waals surface area contributed by atoms with E-state index < -0.39 is 0 Å². The Morgan fingerprint density at radius 1 is 1.35 bits per heavy atom. The van der Waals surface area contributed by atoms with Crippen molar-refractivity contribution in [3.8, 4) is 11.3 Å². The zero-order valence-corrected chi connectivity index (χ0v) is 12.4. The minimum Gasteiger partial charge on any atom is -0.330 e. The second-order valence-electron chi connectivity index (χ2n) is 6.31. The summed E-state index contributed by atoms with van der Waals surface area (Å²) in [6.07, 6.45) is 6.51. The van der Waals surface area contributed by atoms with Crippen LogP contribution < -0.4 is 5.32 Å². The van der Waals surface area contributed by atoms with Crippen LogP contribution in [0.4, 0.5) is 0 Å². The first-order valence-electron chi connectivity index (χ1n) is 7.45. The Kier molecular flexibility index (Phi) is 3.62. The van der Waals surface area contributed by atoms with Crippen LogP contribution in [0.25, 0.3) is 11.3 Å². The van der Waals surface area contributed by atoms with Crippen molar-refractivity contribution in [2.45, 2.75) is 33.2 Å². The predicted octanol–water partition coefficient (Wildman–Crippen LogP) is 3.25. The van der Waals surface area contributed by atoms with Gasteiger partial charge >= 0.3 is 0 Å². The molecule has 2 aromatic rings. The standard InChI is InChI=1S/C17H23N3/c1-14-6-3-4-7-15(14)16-10-19-13-20(16)12-17(2)8-5-9-18-11-17/h3-4,6-7,10,13,18H,5,8-9,11-12H2,1-2H3. The van der Waals surface area contributed by atoms with E-state index in [-0.39, 0.29) is 0 Å². The number of piperidine rings is 1. The van der Waals surface area contributed by atoms with E-state index in [0.717, 1.165) is 19.6 Å². The van der Waals surface area contributed by atoms with E-state index in [2.05, 4.69) is 53.0 Å². The van der Waals surface area contributed by atoms with Gasteiger partial charge in [-0.2, -0.15) is 0 Å². The van der Waals surface area contributed by atoms with Gasteiger partial charge in [-0.15, -0.1) is 0 Å². The fraction of sp³-hybridized carbons (Fsp3) is 0.471. The van der Waals surface area contributed by atoms with Gasteiger partial charge in [0.15, 0.2) is 0 Å². The molecule has 1 saturated heterocycles. The van der Waals surface area contributed by atoms with Crippen molar-refractivity contribution in [1.29, 1.82) is 0 Å². The summed E-state index contributed by atoms with van der Waals surface area (Å²) in [5.74, 6) is 0. The van der Waals surface area contributed by atoms with E-state index in [4.69, 9.17) is 0 Å². The molecule has 1 N–H and O–H groups in total. The van der Waals surface area contributed by atoms with Crippen LogP contribution in [0, 0.1) is 12.3 Å². The summed E-state index contributed by atoms with van der Waals surface area (Å²) in [5, 5.41) is 3.52. The first-order valence-corrected chi connectivity index (χ1v) is 7.45. The highest BCUT2D eigenvalue weighted by Gasteiger charge is 2.27. The molecule has 1 aliphatic rings. The van der Waals surface area contributed by atoms with Crippen LogP contribution in [0.2, 0.25) is 0 Å². The molecule has 0 aliphatic carbocycles. The maximum atomic E-state index is 4.38. The molecule has 106 valence electrons. The first kappa shape index (κ1) is 13.4. The van der Waals surface area contributed by atoms with Gasteiger partial charge < -0.3 is 9.88 Å². The van der Waals surface area contributed by atoms with Gasteiger partial charge in [-0.05, 0) is 37.3 Å². The summed E-state index contributed by atoms with van der Waals surface area (Å²) in [6, 6.07) is 8.54. The van der Waals surface area contributed by atoms with Gasteiger partial charge in [0, 0.05) is 18.7 Å². The number of nitrogens with one attached hydrogen (secondary N) is 1. The van der Waals surface area contributed by atoms with Crippen molar-refractivity contribution in [2.24, 2.45) is 5.41 Å². The Bertz CT molecular complexity index is 579. The molecule has 1 fully saturated rings. The van der Waals surface area contributed by atoms with Crippen LogP contribution in [-0.2, 0) is 6.54 Å². The summed E-state index contributed by atoms with van der Waals surface area (Å²) < 4.78 is 2.31.